The van der Waals surface area contributed by atoms with Gasteiger partial charge < -0.3 is 0 Å². The van der Waals surface area contributed by atoms with Crippen LogP contribution in [-0.4, -0.2) is 8.42 Å². The van der Waals surface area contributed by atoms with Gasteiger partial charge in [-0.1, -0.05) is 48.5 Å². The van der Waals surface area contributed by atoms with Crippen molar-refractivity contribution in [1.29, 1.82) is 0 Å². The first-order valence-corrected chi connectivity index (χ1v) is 9.77. The third-order valence-electron chi connectivity index (χ3n) is 4.75. The Hall–Kier alpha value is -2.33. The molecule has 0 saturated heterocycles. The molecule has 0 amide bonds. The minimum absolute atomic E-state index is 0.0113. The van der Waals surface area contributed by atoms with Gasteiger partial charge >= 0.3 is 0 Å². The van der Waals surface area contributed by atoms with E-state index in [9.17, 15) is 8.42 Å². The lowest BCUT2D eigenvalue weighted by atomic mass is 10.0. The molecule has 0 radical (unpaired) electrons. The molecule has 3 aromatic rings. The normalized spacial score (nSPS) is 13.4. The van der Waals surface area contributed by atoms with E-state index in [1.165, 1.54) is 16.5 Å². The molecule has 0 bridgehead atoms. The Morgan fingerprint density at radius 1 is 0.917 bits per heavy atom. The molecule has 1 aliphatic carbocycles. The first-order chi connectivity index (χ1) is 11.5. The quantitative estimate of drug-likeness (QED) is 0.776. The van der Waals surface area contributed by atoms with Gasteiger partial charge in [0.1, 0.15) is 0 Å². The van der Waals surface area contributed by atoms with E-state index in [0.717, 1.165) is 29.4 Å². The largest absolute Gasteiger partial charge is 0.283 e. The molecule has 0 aliphatic heterocycles. The summed E-state index contributed by atoms with van der Waals surface area (Å²) in [5.74, 6) is -0.0113. The Morgan fingerprint density at radius 2 is 1.67 bits per heavy atom. The summed E-state index contributed by atoms with van der Waals surface area (Å²) in [6.45, 7) is 1.93. The fraction of sp³-hybridized carbons (Fsp3) is 0.200. The van der Waals surface area contributed by atoms with Crippen molar-refractivity contribution >= 4 is 26.5 Å². The SMILES string of the molecule is Cc1ccccc1CS(=O)(=O)Nc1ccc2c3c(cccc13)CC2. The van der Waals surface area contributed by atoms with Gasteiger partial charge in [0.2, 0.25) is 10.0 Å². The predicted octanol–water partition coefficient (Wildman–Crippen LogP) is 4.19. The minimum atomic E-state index is -3.46. The van der Waals surface area contributed by atoms with Crippen molar-refractivity contribution in [3.8, 4) is 0 Å². The average molecular weight is 337 g/mol. The summed E-state index contributed by atoms with van der Waals surface area (Å²) in [7, 11) is -3.46. The minimum Gasteiger partial charge on any atom is -0.283 e. The monoisotopic (exact) mass is 337 g/mol. The summed E-state index contributed by atoms with van der Waals surface area (Å²) in [6.07, 6.45) is 2.07. The fourth-order valence-corrected chi connectivity index (χ4v) is 4.83. The van der Waals surface area contributed by atoms with Crippen molar-refractivity contribution < 1.29 is 8.42 Å². The summed E-state index contributed by atoms with van der Waals surface area (Å²) < 4.78 is 28.1. The molecule has 24 heavy (non-hydrogen) atoms. The molecule has 4 heteroatoms. The Kier molecular flexibility index (Phi) is 3.57. The number of sulfonamides is 1. The van der Waals surface area contributed by atoms with Gasteiger partial charge in [0.25, 0.3) is 0 Å². The Labute approximate surface area is 142 Å². The summed E-state index contributed by atoms with van der Waals surface area (Å²) >= 11 is 0. The van der Waals surface area contributed by atoms with Gasteiger partial charge in [-0.25, -0.2) is 8.42 Å². The van der Waals surface area contributed by atoms with E-state index in [1.807, 2.05) is 55.5 Å². The van der Waals surface area contributed by atoms with Gasteiger partial charge in [-0.3, -0.25) is 4.72 Å². The van der Waals surface area contributed by atoms with Gasteiger partial charge in [-0.2, -0.15) is 0 Å². The van der Waals surface area contributed by atoms with Crippen LogP contribution in [0.3, 0.4) is 0 Å². The molecule has 3 aromatic carbocycles. The highest BCUT2D eigenvalue weighted by atomic mass is 32.2. The highest BCUT2D eigenvalue weighted by molar-refractivity contribution is 7.91. The van der Waals surface area contributed by atoms with Crippen LogP contribution in [0.5, 0.6) is 0 Å². The molecule has 0 saturated carbocycles. The number of rotatable bonds is 4. The lowest BCUT2D eigenvalue weighted by molar-refractivity contribution is 0.600. The van der Waals surface area contributed by atoms with Crippen LogP contribution < -0.4 is 4.72 Å². The van der Waals surface area contributed by atoms with Gasteiger partial charge in [-0.05, 0) is 53.5 Å². The van der Waals surface area contributed by atoms with Crippen molar-refractivity contribution in [2.75, 3.05) is 4.72 Å². The lowest BCUT2D eigenvalue weighted by Gasteiger charge is -2.13. The third-order valence-corrected chi connectivity index (χ3v) is 5.97. The number of aryl methyl sites for hydroxylation is 3. The van der Waals surface area contributed by atoms with Crippen LogP contribution >= 0.6 is 0 Å². The highest BCUT2D eigenvalue weighted by Gasteiger charge is 2.19. The first-order valence-electron chi connectivity index (χ1n) is 8.12. The lowest BCUT2D eigenvalue weighted by Crippen LogP contribution is -2.16. The summed E-state index contributed by atoms with van der Waals surface area (Å²) in [6, 6.07) is 17.7. The zero-order valence-corrected chi connectivity index (χ0v) is 14.4. The van der Waals surface area contributed by atoms with E-state index in [0.29, 0.717) is 5.69 Å². The third kappa shape index (κ3) is 2.67. The van der Waals surface area contributed by atoms with Gasteiger partial charge in [0.15, 0.2) is 0 Å². The Morgan fingerprint density at radius 3 is 2.46 bits per heavy atom. The van der Waals surface area contributed by atoms with E-state index >= 15 is 0 Å². The maximum absolute atomic E-state index is 12.6. The molecule has 0 aromatic heterocycles. The van der Waals surface area contributed by atoms with E-state index < -0.39 is 10.0 Å². The maximum atomic E-state index is 12.6. The van der Waals surface area contributed by atoms with Gasteiger partial charge in [0, 0.05) is 5.39 Å². The molecule has 1 aliphatic rings. The molecule has 0 heterocycles. The zero-order valence-electron chi connectivity index (χ0n) is 13.5. The maximum Gasteiger partial charge on any atom is 0.236 e. The molecule has 3 nitrogen and oxygen atoms in total. The molecular formula is C20H19NO2S. The highest BCUT2D eigenvalue weighted by Crippen LogP contribution is 2.35. The number of nitrogens with one attached hydrogen (secondary N) is 1. The summed E-state index contributed by atoms with van der Waals surface area (Å²) in [5.41, 5.74) is 5.11. The molecule has 0 unspecified atom stereocenters. The van der Waals surface area contributed by atoms with Crippen LogP contribution in [0.2, 0.25) is 0 Å². The fourth-order valence-electron chi connectivity index (χ4n) is 3.52. The standard InChI is InChI=1S/C20H19NO2S/c1-14-5-2-3-6-17(14)13-24(22,23)21-19-12-11-16-10-9-15-7-4-8-18(19)20(15)16/h2-8,11-12,21H,9-10,13H2,1H3. The molecule has 0 fully saturated rings. The number of anilines is 1. The second kappa shape index (κ2) is 5.64. The number of benzene rings is 3. The van der Waals surface area contributed by atoms with Crippen molar-refractivity contribution in [1.82, 2.24) is 0 Å². The van der Waals surface area contributed by atoms with Crippen LogP contribution in [0, 0.1) is 6.92 Å². The second-order valence-electron chi connectivity index (χ2n) is 6.40. The average Bonchev–Trinajstić information content (AvgIpc) is 2.97. The Balaban J connectivity index is 1.71. The molecule has 0 spiro atoms. The van der Waals surface area contributed by atoms with Crippen LogP contribution in [0.15, 0.2) is 54.6 Å². The van der Waals surface area contributed by atoms with Crippen molar-refractivity contribution in [2.45, 2.75) is 25.5 Å². The van der Waals surface area contributed by atoms with E-state index in [2.05, 4.69) is 10.8 Å². The van der Waals surface area contributed by atoms with Gasteiger partial charge in [-0.15, -0.1) is 0 Å². The van der Waals surface area contributed by atoms with Crippen LogP contribution in [0.4, 0.5) is 5.69 Å². The molecular weight excluding hydrogens is 318 g/mol. The van der Waals surface area contributed by atoms with Crippen molar-refractivity contribution in [3.05, 3.63) is 76.9 Å². The Bertz CT molecular complexity index is 1030. The van der Waals surface area contributed by atoms with Crippen molar-refractivity contribution in [2.24, 2.45) is 0 Å². The number of hydrogen-bond donors (Lipinski definition) is 1. The van der Waals surface area contributed by atoms with Crippen LogP contribution in [-0.2, 0) is 28.6 Å². The predicted molar refractivity (Wildman–Crippen MR) is 98.8 cm³/mol. The zero-order chi connectivity index (χ0) is 16.7. The smallest absolute Gasteiger partial charge is 0.236 e. The molecule has 4 rings (SSSR count). The number of hydrogen-bond acceptors (Lipinski definition) is 2. The summed E-state index contributed by atoms with van der Waals surface area (Å²) in [5, 5.41) is 2.21. The van der Waals surface area contributed by atoms with Gasteiger partial charge in [0.05, 0.1) is 11.4 Å². The van der Waals surface area contributed by atoms with E-state index in [4.69, 9.17) is 0 Å². The van der Waals surface area contributed by atoms with E-state index in [1.54, 1.807) is 0 Å². The molecule has 1 N–H and O–H groups in total. The second-order valence-corrected chi connectivity index (χ2v) is 8.12. The van der Waals surface area contributed by atoms with Crippen LogP contribution in [0.1, 0.15) is 22.3 Å². The van der Waals surface area contributed by atoms with E-state index in [-0.39, 0.29) is 5.75 Å². The topological polar surface area (TPSA) is 46.2 Å². The van der Waals surface area contributed by atoms with Crippen LogP contribution in [0.25, 0.3) is 10.8 Å². The van der Waals surface area contributed by atoms with Crippen molar-refractivity contribution in [3.63, 3.8) is 0 Å². The molecule has 122 valence electrons. The first kappa shape index (κ1) is 15.2. The summed E-state index contributed by atoms with van der Waals surface area (Å²) in [4.78, 5) is 0. The molecule has 0 atom stereocenters.